The first-order valence-electron chi connectivity index (χ1n) is 3.01. The first-order valence-corrected chi connectivity index (χ1v) is 3.01. The summed E-state index contributed by atoms with van der Waals surface area (Å²) >= 11 is 0. The minimum Gasteiger partial charge on any atom is -0.106 e. The van der Waals surface area contributed by atoms with Crippen LogP contribution in [0.5, 0.6) is 0 Å². The Balaban J connectivity index is 2.18. The smallest absolute Gasteiger partial charge is 0.0272 e. The third-order valence-corrected chi connectivity index (χ3v) is 1.21. The van der Waals surface area contributed by atoms with Crippen molar-refractivity contribution in [3.05, 3.63) is 11.6 Å². The van der Waals surface area contributed by atoms with Crippen LogP contribution in [0.2, 0.25) is 0 Å². The average Bonchev–Trinajstić information content (AvgIpc) is 2.51. The van der Waals surface area contributed by atoms with Crippen LogP contribution in [0, 0.1) is 11.8 Å². The lowest BCUT2D eigenvalue weighted by Gasteiger charge is -1.70. The lowest BCUT2D eigenvalue weighted by atomic mass is 10.4. The molecule has 42 valence electrons. The molecule has 0 aliphatic heterocycles. The van der Waals surface area contributed by atoms with Crippen LogP contribution in [0.4, 0.5) is 0 Å². The largest absolute Gasteiger partial charge is 0.106 e. The lowest BCUT2D eigenvalue weighted by molar-refractivity contribution is 1.44. The van der Waals surface area contributed by atoms with Crippen LogP contribution in [0.15, 0.2) is 11.6 Å². The molecule has 0 spiro atoms. The summed E-state index contributed by atoms with van der Waals surface area (Å²) in [5.41, 5.74) is 1.59. The molecule has 8 heavy (non-hydrogen) atoms. The van der Waals surface area contributed by atoms with Crippen LogP contribution >= 0.6 is 0 Å². The highest BCUT2D eigenvalue weighted by atomic mass is 14.1. The van der Waals surface area contributed by atoms with E-state index in [1.54, 1.807) is 5.57 Å². The normalized spacial score (nSPS) is 14.4. The van der Waals surface area contributed by atoms with Crippen molar-refractivity contribution in [3.8, 4) is 11.8 Å². The van der Waals surface area contributed by atoms with Gasteiger partial charge in [0.1, 0.15) is 0 Å². The van der Waals surface area contributed by atoms with Crippen LogP contribution in [-0.4, -0.2) is 0 Å². The van der Waals surface area contributed by atoms with E-state index in [9.17, 15) is 0 Å². The third kappa shape index (κ3) is 1.84. The van der Waals surface area contributed by atoms with Crippen molar-refractivity contribution in [1.82, 2.24) is 0 Å². The summed E-state index contributed by atoms with van der Waals surface area (Å²) in [6.45, 7) is 1.88. The van der Waals surface area contributed by atoms with Crippen LogP contribution in [0.1, 0.15) is 26.2 Å². The van der Waals surface area contributed by atoms with Crippen molar-refractivity contribution in [2.24, 2.45) is 0 Å². The Hall–Kier alpha value is -0.700. The molecular formula is C8H10. The van der Waals surface area contributed by atoms with Gasteiger partial charge in [0.15, 0.2) is 0 Å². The average molecular weight is 106 g/mol. The Kier molecular flexibility index (Phi) is 1.75. The second-order valence-corrected chi connectivity index (χ2v) is 1.99. The lowest BCUT2D eigenvalue weighted by Crippen LogP contribution is -1.54. The fourth-order valence-corrected chi connectivity index (χ4v) is 0.574. The molecule has 1 saturated carbocycles. The monoisotopic (exact) mass is 106 g/mol. The second-order valence-electron chi connectivity index (χ2n) is 1.99. The van der Waals surface area contributed by atoms with Crippen molar-refractivity contribution in [3.63, 3.8) is 0 Å². The Morgan fingerprint density at radius 3 is 2.88 bits per heavy atom. The maximum Gasteiger partial charge on any atom is 0.0272 e. The molecule has 1 fully saturated rings. The minimum absolute atomic E-state index is 0.964. The molecule has 0 aromatic rings. The molecule has 0 amide bonds. The van der Waals surface area contributed by atoms with Crippen LogP contribution in [-0.2, 0) is 0 Å². The van der Waals surface area contributed by atoms with E-state index in [-0.39, 0.29) is 0 Å². The first kappa shape index (κ1) is 5.44. The van der Waals surface area contributed by atoms with Gasteiger partial charge >= 0.3 is 0 Å². The maximum atomic E-state index is 2.99. The molecule has 0 nitrogen and oxygen atoms in total. The molecule has 0 radical (unpaired) electrons. The van der Waals surface area contributed by atoms with Gasteiger partial charge in [0, 0.05) is 6.42 Å². The molecule has 1 aliphatic carbocycles. The van der Waals surface area contributed by atoms with Crippen molar-refractivity contribution >= 4 is 0 Å². The summed E-state index contributed by atoms with van der Waals surface area (Å²) in [7, 11) is 0. The molecule has 0 heterocycles. The zero-order valence-electron chi connectivity index (χ0n) is 5.20. The topological polar surface area (TPSA) is 0 Å². The second kappa shape index (κ2) is 2.57. The van der Waals surface area contributed by atoms with E-state index in [1.807, 2.05) is 6.92 Å². The van der Waals surface area contributed by atoms with Crippen molar-refractivity contribution in [2.75, 3.05) is 0 Å². The van der Waals surface area contributed by atoms with Gasteiger partial charge in [0.2, 0.25) is 0 Å². The molecule has 0 N–H and O–H groups in total. The molecule has 0 aromatic heterocycles. The summed E-state index contributed by atoms with van der Waals surface area (Å²) in [6.07, 6.45) is 5.85. The quantitative estimate of drug-likeness (QED) is 0.355. The molecule has 0 saturated heterocycles. The number of allylic oxidation sites excluding steroid dienone is 2. The van der Waals surface area contributed by atoms with E-state index in [0.717, 1.165) is 6.42 Å². The Morgan fingerprint density at radius 1 is 1.62 bits per heavy atom. The summed E-state index contributed by atoms with van der Waals surface area (Å²) in [5.74, 6) is 5.85. The maximum absolute atomic E-state index is 2.99. The Bertz CT molecular complexity index is 147. The molecular weight excluding hydrogens is 96.1 g/mol. The van der Waals surface area contributed by atoms with Gasteiger partial charge in [0.05, 0.1) is 0 Å². The van der Waals surface area contributed by atoms with Gasteiger partial charge in [-0.15, -0.1) is 5.92 Å². The Labute approximate surface area is 50.6 Å². The molecule has 0 heteroatoms. The van der Waals surface area contributed by atoms with Gasteiger partial charge in [-0.25, -0.2) is 0 Å². The highest BCUT2D eigenvalue weighted by Gasteiger charge is 2.08. The van der Waals surface area contributed by atoms with Crippen molar-refractivity contribution in [2.45, 2.75) is 26.2 Å². The van der Waals surface area contributed by atoms with Gasteiger partial charge in [-0.05, 0) is 19.8 Å². The van der Waals surface area contributed by atoms with E-state index in [2.05, 4.69) is 17.9 Å². The highest BCUT2D eigenvalue weighted by Crippen LogP contribution is 2.27. The third-order valence-electron chi connectivity index (χ3n) is 1.21. The van der Waals surface area contributed by atoms with Gasteiger partial charge < -0.3 is 0 Å². The molecule has 0 unspecified atom stereocenters. The number of rotatable bonds is 1. The fraction of sp³-hybridized carbons (Fsp3) is 0.500. The van der Waals surface area contributed by atoms with Crippen LogP contribution < -0.4 is 0 Å². The van der Waals surface area contributed by atoms with E-state index in [0.29, 0.717) is 0 Å². The molecule has 1 aliphatic rings. The first-order chi connectivity index (χ1) is 3.93. The zero-order valence-corrected chi connectivity index (χ0v) is 5.20. The summed E-state index contributed by atoms with van der Waals surface area (Å²) in [4.78, 5) is 0. The molecule has 0 bridgehead atoms. The fourth-order valence-electron chi connectivity index (χ4n) is 0.574. The summed E-state index contributed by atoms with van der Waals surface area (Å²) in [6, 6.07) is 0. The minimum atomic E-state index is 0.964. The molecule has 1 rings (SSSR count). The predicted molar refractivity (Wildman–Crippen MR) is 35.4 cm³/mol. The van der Waals surface area contributed by atoms with Crippen molar-refractivity contribution in [1.29, 1.82) is 0 Å². The molecule has 0 atom stereocenters. The molecule has 0 aromatic carbocycles. The van der Waals surface area contributed by atoms with Crippen molar-refractivity contribution < 1.29 is 0 Å². The Morgan fingerprint density at radius 2 is 2.38 bits per heavy atom. The SMILES string of the molecule is CC#CCC=C1CC1. The van der Waals surface area contributed by atoms with E-state index in [4.69, 9.17) is 0 Å². The summed E-state index contributed by atoms with van der Waals surface area (Å²) in [5, 5.41) is 0. The van der Waals surface area contributed by atoms with E-state index >= 15 is 0 Å². The van der Waals surface area contributed by atoms with Crippen LogP contribution in [0.3, 0.4) is 0 Å². The zero-order chi connectivity index (χ0) is 5.82. The highest BCUT2D eigenvalue weighted by molar-refractivity contribution is 5.19. The van der Waals surface area contributed by atoms with Gasteiger partial charge in [-0.3, -0.25) is 0 Å². The van der Waals surface area contributed by atoms with Gasteiger partial charge in [-0.1, -0.05) is 17.6 Å². The van der Waals surface area contributed by atoms with E-state index < -0.39 is 0 Å². The summed E-state index contributed by atoms with van der Waals surface area (Å²) < 4.78 is 0. The standard InChI is InChI=1S/C8H10/c1-2-3-4-5-8-6-7-8/h5H,4,6-7H2,1H3. The van der Waals surface area contributed by atoms with Crippen LogP contribution in [0.25, 0.3) is 0 Å². The number of hydrogen-bond donors (Lipinski definition) is 0. The van der Waals surface area contributed by atoms with Gasteiger partial charge in [0.25, 0.3) is 0 Å². The predicted octanol–water partition coefficient (Wildman–Crippen LogP) is 2.12. The number of hydrogen-bond acceptors (Lipinski definition) is 0. The van der Waals surface area contributed by atoms with E-state index in [1.165, 1.54) is 12.8 Å². The van der Waals surface area contributed by atoms with Gasteiger partial charge in [-0.2, -0.15) is 0 Å².